The molecule has 0 aromatic carbocycles. The van der Waals surface area contributed by atoms with Gasteiger partial charge in [-0.2, -0.15) is 8.78 Å². The molecule has 3 saturated carbocycles. The van der Waals surface area contributed by atoms with E-state index in [4.69, 9.17) is 0 Å². The van der Waals surface area contributed by atoms with E-state index in [-0.39, 0.29) is 6.42 Å². The lowest BCUT2D eigenvalue weighted by molar-refractivity contribution is -0.143. The number of Topliss-reactive ketones (excluding diaryl/α,β-unsaturated/α-hetero) is 1. The molecule has 3 aliphatic carbocycles. The zero-order chi connectivity index (χ0) is 12.8. The Morgan fingerprint density at radius 3 is 2.47 bits per heavy atom. The minimum Gasteiger partial charge on any atom is -0.293 e. The van der Waals surface area contributed by atoms with Crippen molar-refractivity contribution < 1.29 is 13.6 Å². The van der Waals surface area contributed by atoms with Gasteiger partial charge in [-0.25, -0.2) is 0 Å². The van der Waals surface area contributed by atoms with Crippen molar-refractivity contribution in [2.75, 3.05) is 0 Å². The number of alkyl halides is 2. The molecule has 3 rings (SSSR count). The molecule has 1 nitrogen and oxygen atoms in total. The van der Waals surface area contributed by atoms with Crippen molar-refractivity contribution in [2.24, 2.45) is 23.2 Å². The van der Waals surface area contributed by atoms with Crippen LogP contribution in [0.4, 0.5) is 8.78 Å². The summed E-state index contributed by atoms with van der Waals surface area (Å²) in [4.78, 5) is 11.2. The third kappa shape index (κ3) is 2.25. The number of halogens is 2. The molecule has 0 heterocycles. The van der Waals surface area contributed by atoms with Gasteiger partial charge in [0.15, 0.2) is 0 Å². The Balaban J connectivity index is 1.87. The van der Waals surface area contributed by atoms with E-state index in [0.717, 1.165) is 12.3 Å². The third-order valence-corrected chi connectivity index (χ3v) is 5.23. The molecule has 0 amide bonds. The summed E-state index contributed by atoms with van der Waals surface area (Å²) < 4.78 is 25.6. The Morgan fingerprint density at radius 2 is 2.00 bits per heavy atom. The molecule has 0 aromatic rings. The van der Waals surface area contributed by atoms with Crippen LogP contribution in [0.25, 0.3) is 0 Å². The highest BCUT2D eigenvalue weighted by Gasteiger charge is 2.53. The largest absolute Gasteiger partial charge is 0.302 e. The fourth-order valence-electron chi connectivity index (χ4n) is 3.84. The molecule has 0 spiro atoms. The number of ketones is 1. The van der Waals surface area contributed by atoms with Crippen molar-refractivity contribution >= 4 is 5.78 Å². The van der Waals surface area contributed by atoms with E-state index in [1.54, 1.807) is 0 Å². The molecule has 3 aliphatic rings. The van der Waals surface area contributed by atoms with Crippen LogP contribution in [0.3, 0.4) is 0 Å². The van der Waals surface area contributed by atoms with E-state index in [2.05, 4.69) is 13.8 Å². The quantitative estimate of drug-likeness (QED) is 0.728. The number of fused-ring (bicyclic) bond motifs is 2. The molecule has 2 bridgehead atoms. The second-order valence-corrected chi connectivity index (χ2v) is 6.55. The van der Waals surface area contributed by atoms with Crippen molar-refractivity contribution in [3.63, 3.8) is 0 Å². The molecule has 0 aliphatic heterocycles. The molecule has 3 heteroatoms. The zero-order valence-electron chi connectivity index (χ0n) is 10.9. The van der Waals surface area contributed by atoms with Crippen LogP contribution in [0, 0.1) is 23.2 Å². The maximum Gasteiger partial charge on any atom is 0.302 e. The first kappa shape index (κ1) is 13.0. The lowest BCUT2D eigenvalue weighted by Gasteiger charge is -2.60. The van der Waals surface area contributed by atoms with Crippen LogP contribution < -0.4 is 0 Å². The summed E-state index contributed by atoms with van der Waals surface area (Å²) in [7, 11) is 0. The van der Waals surface area contributed by atoms with Gasteiger partial charge in [0.25, 0.3) is 0 Å². The van der Waals surface area contributed by atoms with Crippen molar-refractivity contribution in [3.8, 4) is 0 Å². The first-order valence-corrected chi connectivity index (χ1v) is 6.64. The summed E-state index contributed by atoms with van der Waals surface area (Å²) in [6, 6.07) is 0. The average Bonchev–Trinajstić information content (AvgIpc) is 2.24. The Morgan fingerprint density at radius 1 is 1.35 bits per heavy atom. The zero-order valence-corrected chi connectivity index (χ0v) is 10.9. The molecule has 3 fully saturated rings. The van der Waals surface area contributed by atoms with Gasteiger partial charge in [-0.05, 0) is 48.9 Å². The third-order valence-electron chi connectivity index (χ3n) is 5.23. The van der Waals surface area contributed by atoms with Gasteiger partial charge in [-0.3, -0.25) is 4.79 Å². The first-order chi connectivity index (χ1) is 7.73. The van der Waals surface area contributed by atoms with E-state index in [9.17, 15) is 13.6 Å². The van der Waals surface area contributed by atoms with E-state index < -0.39 is 11.7 Å². The van der Waals surface area contributed by atoms with Crippen LogP contribution in [-0.4, -0.2) is 11.7 Å². The van der Waals surface area contributed by atoms with Crippen LogP contribution in [0.15, 0.2) is 0 Å². The first-order valence-electron chi connectivity index (χ1n) is 6.64. The number of carbonyl (C=O) groups is 1. The van der Waals surface area contributed by atoms with E-state index >= 15 is 0 Å². The summed E-state index contributed by atoms with van der Waals surface area (Å²) in [5, 5.41) is 0. The summed E-state index contributed by atoms with van der Waals surface area (Å²) in [5.74, 6) is -2.07. The van der Waals surface area contributed by atoms with Crippen LogP contribution in [0.5, 0.6) is 0 Å². The van der Waals surface area contributed by atoms with Crippen LogP contribution in [-0.2, 0) is 4.79 Å². The average molecular weight is 244 g/mol. The Kier molecular flexibility index (Phi) is 3.07. The van der Waals surface area contributed by atoms with Crippen LogP contribution >= 0.6 is 0 Å². The fourth-order valence-corrected chi connectivity index (χ4v) is 3.84. The molecule has 17 heavy (non-hydrogen) atoms. The van der Waals surface area contributed by atoms with Gasteiger partial charge in [0.05, 0.1) is 0 Å². The monoisotopic (exact) mass is 244 g/mol. The molecule has 0 N–H and O–H groups in total. The van der Waals surface area contributed by atoms with Gasteiger partial charge in [-0.1, -0.05) is 13.8 Å². The van der Waals surface area contributed by atoms with Gasteiger partial charge in [-0.15, -0.1) is 0 Å². The minimum atomic E-state index is -3.15. The number of hydrogen-bond acceptors (Lipinski definition) is 1. The minimum absolute atomic E-state index is 0.0470. The van der Waals surface area contributed by atoms with Crippen molar-refractivity contribution in [3.05, 3.63) is 0 Å². The van der Waals surface area contributed by atoms with E-state index in [0.29, 0.717) is 30.6 Å². The molecule has 3 atom stereocenters. The molecule has 0 saturated heterocycles. The second kappa shape index (κ2) is 4.03. The Labute approximate surface area is 102 Å². The van der Waals surface area contributed by atoms with Gasteiger partial charge >= 0.3 is 5.92 Å². The lowest BCUT2D eigenvalue weighted by Crippen LogP contribution is -2.52. The Bertz CT molecular complexity index is 315. The summed E-state index contributed by atoms with van der Waals surface area (Å²) in [5.41, 5.74) is 0.376. The summed E-state index contributed by atoms with van der Waals surface area (Å²) >= 11 is 0. The summed E-state index contributed by atoms with van der Waals surface area (Å²) in [6.07, 6.45) is 4.29. The predicted molar refractivity (Wildman–Crippen MR) is 63.0 cm³/mol. The maximum atomic E-state index is 12.8. The smallest absolute Gasteiger partial charge is 0.293 e. The van der Waals surface area contributed by atoms with Crippen molar-refractivity contribution in [2.45, 2.75) is 58.8 Å². The number of hydrogen-bond donors (Lipinski definition) is 0. The lowest BCUT2D eigenvalue weighted by atomic mass is 9.45. The highest BCUT2D eigenvalue weighted by atomic mass is 19.3. The second-order valence-electron chi connectivity index (χ2n) is 6.55. The Hall–Kier alpha value is -0.470. The molecular formula is C14H22F2O. The number of rotatable bonds is 4. The maximum absolute atomic E-state index is 12.8. The topological polar surface area (TPSA) is 17.1 Å². The highest BCUT2D eigenvalue weighted by molar-refractivity contribution is 5.85. The standard InChI is InChI=1S/C14H22F2O/c1-13(2)10-6-4-9(11(13)8-10)5-7-12(17)14(3,15)16/h9-11H,4-8H2,1-3H3. The highest BCUT2D eigenvalue weighted by Crippen LogP contribution is 2.62. The van der Waals surface area contributed by atoms with Gasteiger partial charge in [0.1, 0.15) is 0 Å². The van der Waals surface area contributed by atoms with E-state index in [1.165, 1.54) is 12.8 Å². The molecular weight excluding hydrogens is 222 g/mol. The normalized spacial score (nSPS) is 35.2. The molecule has 0 radical (unpaired) electrons. The van der Waals surface area contributed by atoms with Gasteiger partial charge in [0, 0.05) is 13.3 Å². The SMILES string of the molecule is CC(F)(F)C(=O)CCC1CCC2CC1C2(C)C. The number of carbonyl (C=O) groups excluding carboxylic acids is 1. The van der Waals surface area contributed by atoms with Crippen LogP contribution in [0.1, 0.15) is 52.9 Å². The van der Waals surface area contributed by atoms with Crippen molar-refractivity contribution in [1.29, 1.82) is 0 Å². The van der Waals surface area contributed by atoms with E-state index in [1.807, 2.05) is 0 Å². The summed E-state index contributed by atoms with van der Waals surface area (Å²) in [6.45, 7) is 5.28. The van der Waals surface area contributed by atoms with Crippen molar-refractivity contribution in [1.82, 2.24) is 0 Å². The molecule has 98 valence electrons. The van der Waals surface area contributed by atoms with Gasteiger partial charge in [0.2, 0.25) is 5.78 Å². The van der Waals surface area contributed by atoms with Gasteiger partial charge < -0.3 is 0 Å². The fraction of sp³-hybridized carbons (Fsp3) is 0.929. The molecule has 3 unspecified atom stereocenters. The predicted octanol–water partition coefficient (Wildman–Crippen LogP) is 4.06. The molecule has 0 aromatic heterocycles. The van der Waals surface area contributed by atoms with Crippen LogP contribution in [0.2, 0.25) is 0 Å².